The van der Waals surface area contributed by atoms with Crippen LogP contribution in [0.4, 0.5) is 14.7 Å². The molecule has 0 unspecified atom stereocenters. The zero-order valence-corrected chi connectivity index (χ0v) is 23.1. The lowest BCUT2D eigenvalue weighted by Crippen LogP contribution is -2.52. The van der Waals surface area contributed by atoms with Crippen LogP contribution in [0.3, 0.4) is 0 Å². The number of thiophene rings is 1. The third kappa shape index (κ3) is 5.77. The zero-order valence-electron chi connectivity index (χ0n) is 22.3. The fourth-order valence-electron chi connectivity index (χ4n) is 5.12. The highest BCUT2D eigenvalue weighted by molar-refractivity contribution is 7.14. The number of hydrogen-bond donors (Lipinski definition) is 1. The van der Waals surface area contributed by atoms with Gasteiger partial charge in [0, 0.05) is 44.2 Å². The summed E-state index contributed by atoms with van der Waals surface area (Å²) in [5.74, 6) is -0.411. The number of aromatic nitrogens is 2. The number of carbonyl (C=O) groups is 2. The minimum Gasteiger partial charge on any atom is -0.379 e. The number of carbonyl (C=O) groups excluding carboxylic acids is 2. The minimum absolute atomic E-state index is 0.0802. The van der Waals surface area contributed by atoms with E-state index in [9.17, 15) is 23.6 Å². The molecule has 2 amide bonds. The number of hydrogen-bond acceptors (Lipinski definition) is 7. The van der Waals surface area contributed by atoms with Crippen molar-refractivity contribution in [1.82, 2.24) is 19.4 Å². The van der Waals surface area contributed by atoms with Gasteiger partial charge in [0.2, 0.25) is 5.95 Å². The molecule has 2 saturated heterocycles. The number of morpholine rings is 1. The van der Waals surface area contributed by atoms with Crippen LogP contribution in [0, 0.1) is 17.2 Å². The topological polar surface area (TPSA) is 103 Å². The molecule has 0 saturated carbocycles. The van der Waals surface area contributed by atoms with Crippen LogP contribution in [-0.4, -0.2) is 76.1 Å². The molecule has 2 aromatic heterocycles. The number of alkyl halides is 2. The number of halogens is 2. The predicted octanol–water partition coefficient (Wildman–Crippen LogP) is 4.31. The number of ether oxygens (including phenoxy) is 1. The number of likely N-dealkylation sites (tertiary alicyclic amines) is 1. The molecule has 0 bridgehead atoms. The quantitative estimate of drug-likeness (QED) is 0.321. The number of rotatable bonds is 8. The van der Waals surface area contributed by atoms with Gasteiger partial charge in [-0.25, -0.2) is 13.8 Å². The summed E-state index contributed by atoms with van der Waals surface area (Å²) in [6.45, 7) is 8.10. The van der Waals surface area contributed by atoms with E-state index in [1.807, 2.05) is 42.7 Å². The summed E-state index contributed by atoms with van der Waals surface area (Å²) in [6.07, 6.45) is -0.892. The number of amides is 2. The minimum atomic E-state index is -2.64. The van der Waals surface area contributed by atoms with Crippen molar-refractivity contribution in [3.05, 3.63) is 57.8 Å². The molecule has 2 aliphatic heterocycles. The SMILES string of the molecule is CC(C)(C=C(C#N)C(=O)N1CC(Cn2c(NC(=O)c3ccc(C(F)F)s3)nc3ccccc32)C1)N1CCOCC1. The van der Waals surface area contributed by atoms with Crippen molar-refractivity contribution in [3.63, 3.8) is 0 Å². The molecule has 5 rings (SSSR count). The van der Waals surface area contributed by atoms with Gasteiger partial charge in [0.05, 0.1) is 34.0 Å². The van der Waals surface area contributed by atoms with Crippen LogP contribution in [0.25, 0.3) is 11.0 Å². The molecular weight excluding hydrogens is 538 g/mol. The Labute approximate surface area is 234 Å². The second kappa shape index (κ2) is 11.4. The van der Waals surface area contributed by atoms with E-state index in [1.54, 1.807) is 11.0 Å². The second-order valence-corrected chi connectivity index (χ2v) is 11.6. The summed E-state index contributed by atoms with van der Waals surface area (Å²) >= 11 is 0.748. The third-order valence-electron chi connectivity index (χ3n) is 7.31. The Morgan fingerprint density at radius 3 is 2.62 bits per heavy atom. The Kier molecular flexibility index (Phi) is 7.98. The van der Waals surface area contributed by atoms with Gasteiger partial charge < -0.3 is 14.2 Å². The van der Waals surface area contributed by atoms with Gasteiger partial charge in [0.25, 0.3) is 18.2 Å². The summed E-state index contributed by atoms with van der Waals surface area (Å²) in [6, 6.07) is 12.2. The van der Waals surface area contributed by atoms with E-state index < -0.39 is 17.9 Å². The summed E-state index contributed by atoms with van der Waals surface area (Å²) in [4.78, 5) is 34.4. The second-order valence-electron chi connectivity index (χ2n) is 10.5. The number of anilines is 1. The highest BCUT2D eigenvalue weighted by Crippen LogP contribution is 2.30. The van der Waals surface area contributed by atoms with Crippen molar-refractivity contribution >= 4 is 40.1 Å². The third-order valence-corrected chi connectivity index (χ3v) is 8.40. The first-order chi connectivity index (χ1) is 19.2. The van der Waals surface area contributed by atoms with E-state index in [4.69, 9.17) is 4.74 Å². The largest absolute Gasteiger partial charge is 0.379 e. The van der Waals surface area contributed by atoms with Gasteiger partial charge in [0.15, 0.2) is 0 Å². The maximum atomic E-state index is 13.2. The summed E-state index contributed by atoms with van der Waals surface area (Å²) in [5.41, 5.74) is 1.16. The van der Waals surface area contributed by atoms with Gasteiger partial charge in [-0.3, -0.25) is 19.8 Å². The Morgan fingerprint density at radius 1 is 1.23 bits per heavy atom. The van der Waals surface area contributed by atoms with Crippen molar-refractivity contribution in [2.24, 2.45) is 5.92 Å². The molecular formula is C28H30F2N6O3S. The average Bonchev–Trinajstić information content (AvgIpc) is 3.55. The van der Waals surface area contributed by atoms with E-state index >= 15 is 0 Å². The van der Waals surface area contributed by atoms with Gasteiger partial charge in [0.1, 0.15) is 11.6 Å². The molecule has 1 aromatic carbocycles. The van der Waals surface area contributed by atoms with Crippen molar-refractivity contribution in [3.8, 4) is 6.07 Å². The molecule has 1 N–H and O–H groups in total. The zero-order chi connectivity index (χ0) is 28.4. The highest BCUT2D eigenvalue weighted by Gasteiger charge is 2.35. The fourth-order valence-corrected chi connectivity index (χ4v) is 5.88. The van der Waals surface area contributed by atoms with Crippen LogP contribution in [-0.2, 0) is 16.1 Å². The first-order valence-corrected chi connectivity index (χ1v) is 13.9. The van der Waals surface area contributed by atoms with Gasteiger partial charge in [-0.1, -0.05) is 12.1 Å². The van der Waals surface area contributed by atoms with E-state index in [-0.39, 0.29) is 27.2 Å². The van der Waals surface area contributed by atoms with Gasteiger partial charge in [-0.2, -0.15) is 5.26 Å². The van der Waals surface area contributed by atoms with Crippen LogP contribution in [0.1, 0.15) is 34.8 Å². The highest BCUT2D eigenvalue weighted by atomic mass is 32.1. The number of nitrogens with one attached hydrogen (secondary N) is 1. The number of imidazole rings is 1. The maximum Gasteiger partial charge on any atom is 0.272 e. The van der Waals surface area contributed by atoms with E-state index in [0.717, 1.165) is 29.9 Å². The molecule has 0 atom stereocenters. The maximum absolute atomic E-state index is 13.2. The molecule has 0 radical (unpaired) electrons. The fraction of sp³-hybridized carbons (Fsp3) is 0.429. The number of para-hydroxylation sites is 2. The number of nitrogens with zero attached hydrogens (tertiary/aromatic N) is 5. The van der Waals surface area contributed by atoms with Crippen LogP contribution in [0.15, 0.2) is 48.0 Å². The number of benzene rings is 1. The summed E-state index contributed by atoms with van der Waals surface area (Å²) in [7, 11) is 0. The first kappa shape index (κ1) is 27.9. The van der Waals surface area contributed by atoms with Gasteiger partial charge in [-0.05, 0) is 44.2 Å². The van der Waals surface area contributed by atoms with Crippen LogP contribution >= 0.6 is 11.3 Å². The van der Waals surface area contributed by atoms with Crippen molar-refractivity contribution < 1.29 is 23.1 Å². The van der Waals surface area contributed by atoms with Gasteiger partial charge in [-0.15, -0.1) is 11.3 Å². The molecule has 0 spiro atoms. The average molecular weight is 569 g/mol. The monoisotopic (exact) mass is 568 g/mol. The number of fused-ring (bicyclic) bond motifs is 1. The summed E-state index contributed by atoms with van der Waals surface area (Å²) in [5, 5.41) is 12.5. The van der Waals surface area contributed by atoms with Crippen LogP contribution in [0.2, 0.25) is 0 Å². The number of nitriles is 1. The van der Waals surface area contributed by atoms with Crippen molar-refractivity contribution in [2.75, 3.05) is 44.7 Å². The lowest BCUT2D eigenvalue weighted by atomic mass is 9.95. The first-order valence-electron chi connectivity index (χ1n) is 13.1. The van der Waals surface area contributed by atoms with E-state index in [2.05, 4.69) is 21.3 Å². The van der Waals surface area contributed by atoms with Crippen LogP contribution < -0.4 is 5.32 Å². The summed E-state index contributed by atoms with van der Waals surface area (Å²) < 4.78 is 33.3. The molecule has 12 heteroatoms. The van der Waals surface area contributed by atoms with E-state index in [0.29, 0.717) is 44.3 Å². The lowest BCUT2D eigenvalue weighted by molar-refractivity contribution is -0.133. The molecule has 9 nitrogen and oxygen atoms in total. The molecule has 210 valence electrons. The normalized spacial score (nSPS) is 17.2. The lowest BCUT2D eigenvalue weighted by Gasteiger charge is -2.41. The smallest absolute Gasteiger partial charge is 0.272 e. The van der Waals surface area contributed by atoms with Gasteiger partial charge >= 0.3 is 0 Å². The van der Waals surface area contributed by atoms with Crippen molar-refractivity contribution in [1.29, 1.82) is 5.26 Å². The Hall–Kier alpha value is -3.66. The molecule has 4 heterocycles. The molecule has 2 aliphatic rings. The van der Waals surface area contributed by atoms with E-state index in [1.165, 1.54) is 12.1 Å². The Morgan fingerprint density at radius 2 is 1.95 bits per heavy atom. The Bertz CT molecular complexity index is 1480. The Balaban J connectivity index is 1.27. The molecule has 3 aromatic rings. The molecule has 2 fully saturated rings. The molecule has 0 aliphatic carbocycles. The van der Waals surface area contributed by atoms with Crippen molar-refractivity contribution in [2.45, 2.75) is 32.4 Å². The standard InChI is InChI=1S/C28H30F2N6O3S/c1-28(2,35-9-11-39-12-10-35)13-19(14-31)26(38)34-15-18(16-34)17-36-21-6-4-3-5-20(21)32-27(36)33-25(37)23-8-7-22(40-23)24(29)30/h3-8,13,18,24H,9-12,15-17H2,1-2H3,(H,32,33,37). The molecule has 40 heavy (non-hydrogen) atoms. The van der Waals surface area contributed by atoms with Crippen LogP contribution in [0.5, 0.6) is 0 Å². The predicted molar refractivity (Wildman–Crippen MR) is 147 cm³/mol.